The van der Waals surface area contributed by atoms with Gasteiger partial charge in [0.15, 0.2) is 0 Å². The third kappa shape index (κ3) is 6.32. The molecule has 0 radical (unpaired) electrons. The number of nitrogens with zero attached hydrogens (tertiary/aromatic N) is 1. The van der Waals surface area contributed by atoms with Crippen LogP contribution >= 0.6 is 0 Å². The molecule has 0 aliphatic heterocycles. The summed E-state index contributed by atoms with van der Waals surface area (Å²) < 4.78 is 0. The number of hydrogen-bond acceptors (Lipinski definition) is 2. The molecule has 2 nitrogen and oxygen atoms in total. The second kappa shape index (κ2) is 6.62. The summed E-state index contributed by atoms with van der Waals surface area (Å²) in [5, 5.41) is 3.24. The van der Waals surface area contributed by atoms with E-state index in [-0.39, 0.29) is 0 Å². The lowest BCUT2D eigenvalue weighted by Gasteiger charge is -2.17. The molecule has 0 aromatic heterocycles. The highest BCUT2D eigenvalue weighted by molar-refractivity contribution is 4.59. The van der Waals surface area contributed by atoms with Crippen LogP contribution in [0.25, 0.3) is 0 Å². The Kier molecular flexibility index (Phi) is 6.57. The maximum Gasteiger partial charge on any atom is 0.00478 e. The van der Waals surface area contributed by atoms with Gasteiger partial charge in [0.25, 0.3) is 0 Å². The lowest BCUT2D eigenvalue weighted by molar-refractivity contribution is 0.314. The van der Waals surface area contributed by atoms with Gasteiger partial charge in [0.05, 0.1) is 0 Å². The van der Waals surface area contributed by atoms with E-state index in [1.807, 2.05) is 7.05 Å². The fraction of sp³-hybridized carbons (Fsp3) is 1.00. The van der Waals surface area contributed by atoms with Crippen molar-refractivity contribution in [2.75, 3.05) is 27.2 Å². The first-order valence-corrected chi connectivity index (χ1v) is 4.56. The van der Waals surface area contributed by atoms with Crippen molar-refractivity contribution in [1.29, 1.82) is 0 Å². The standard InChI is InChI=1S/C9H22N2/c1-5-7-11(4)8-6-9(2)10-3/h9-10H,5-8H2,1-4H3. The van der Waals surface area contributed by atoms with Gasteiger partial charge in [-0.05, 0) is 47.0 Å². The highest BCUT2D eigenvalue weighted by Crippen LogP contribution is 1.93. The van der Waals surface area contributed by atoms with Crippen LogP contribution in [-0.2, 0) is 0 Å². The molecule has 0 saturated heterocycles. The molecule has 0 aliphatic carbocycles. The Bertz CT molecular complexity index is 83.6. The quantitative estimate of drug-likeness (QED) is 0.627. The first kappa shape index (κ1) is 10.9. The van der Waals surface area contributed by atoms with E-state index in [1.165, 1.54) is 25.9 Å². The fourth-order valence-corrected chi connectivity index (χ4v) is 1.05. The van der Waals surface area contributed by atoms with Crippen molar-refractivity contribution in [3.05, 3.63) is 0 Å². The molecule has 0 aromatic rings. The van der Waals surface area contributed by atoms with Crippen LogP contribution < -0.4 is 5.32 Å². The minimum absolute atomic E-state index is 0.648. The number of hydrogen-bond donors (Lipinski definition) is 1. The van der Waals surface area contributed by atoms with Crippen molar-refractivity contribution < 1.29 is 0 Å². The SMILES string of the molecule is CCCN(C)CCC(C)NC. The Morgan fingerprint density at radius 1 is 1.36 bits per heavy atom. The largest absolute Gasteiger partial charge is 0.317 e. The van der Waals surface area contributed by atoms with E-state index in [4.69, 9.17) is 0 Å². The van der Waals surface area contributed by atoms with Gasteiger partial charge in [0.2, 0.25) is 0 Å². The molecule has 0 amide bonds. The molecule has 0 heterocycles. The average Bonchev–Trinajstić information content (AvgIpc) is 2.01. The zero-order valence-electron chi connectivity index (χ0n) is 8.35. The molecule has 1 atom stereocenters. The summed E-state index contributed by atoms with van der Waals surface area (Å²) in [6.45, 7) is 6.87. The first-order chi connectivity index (χ1) is 5.20. The van der Waals surface area contributed by atoms with Crippen LogP contribution in [0.15, 0.2) is 0 Å². The predicted molar refractivity (Wildman–Crippen MR) is 50.9 cm³/mol. The van der Waals surface area contributed by atoms with Gasteiger partial charge in [-0.25, -0.2) is 0 Å². The van der Waals surface area contributed by atoms with E-state index in [1.54, 1.807) is 0 Å². The molecule has 0 spiro atoms. The van der Waals surface area contributed by atoms with Crippen LogP contribution in [0.2, 0.25) is 0 Å². The van der Waals surface area contributed by atoms with E-state index < -0.39 is 0 Å². The number of nitrogens with one attached hydrogen (secondary N) is 1. The molecule has 2 heteroatoms. The third-order valence-electron chi connectivity index (χ3n) is 2.04. The van der Waals surface area contributed by atoms with Gasteiger partial charge in [-0.15, -0.1) is 0 Å². The predicted octanol–water partition coefficient (Wildman–Crippen LogP) is 1.33. The van der Waals surface area contributed by atoms with E-state index in [0.29, 0.717) is 6.04 Å². The van der Waals surface area contributed by atoms with Gasteiger partial charge in [-0.1, -0.05) is 6.92 Å². The lowest BCUT2D eigenvalue weighted by atomic mass is 10.2. The van der Waals surface area contributed by atoms with Crippen molar-refractivity contribution in [2.24, 2.45) is 0 Å². The highest BCUT2D eigenvalue weighted by atomic mass is 15.1. The van der Waals surface area contributed by atoms with Gasteiger partial charge in [-0.3, -0.25) is 0 Å². The summed E-state index contributed by atoms with van der Waals surface area (Å²) in [5.74, 6) is 0. The Morgan fingerprint density at radius 3 is 2.45 bits per heavy atom. The van der Waals surface area contributed by atoms with Crippen molar-refractivity contribution in [3.8, 4) is 0 Å². The highest BCUT2D eigenvalue weighted by Gasteiger charge is 2.00. The molecule has 0 saturated carbocycles. The summed E-state index contributed by atoms with van der Waals surface area (Å²) in [6, 6.07) is 0.648. The van der Waals surface area contributed by atoms with E-state index in [0.717, 1.165) is 0 Å². The van der Waals surface area contributed by atoms with Crippen LogP contribution in [0.4, 0.5) is 0 Å². The van der Waals surface area contributed by atoms with Gasteiger partial charge >= 0.3 is 0 Å². The minimum Gasteiger partial charge on any atom is -0.317 e. The Hall–Kier alpha value is -0.0800. The summed E-state index contributed by atoms with van der Waals surface area (Å²) in [7, 11) is 4.20. The van der Waals surface area contributed by atoms with Gasteiger partial charge in [0.1, 0.15) is 0 Å². The molecule has 0 aliphatic rings. The molecule has 11 heavy (non-hydrogen) atoms. The molecular formula is C9H22N2. The normalized spacial score (nSPS) is 13.9. The monoisotopic (exact) mass is 158 g/mol. The first-order valence-electron chi connectivity index (χ1n) is 4.56. The van der Waals surface area contributed by atoms with Crippen LogP contribution in [0.3, 0.4) is 0 Å². The molecule has 0 bridgehead atoms. The van der Waals surface area contributed by atoms with E-state index in [2.05, 4.69) is 31.1 Å². The molecule has 1 N–H and O–H groups in total. The maximum absolute atomic E-state index is 3.24. The fourth-order valence-electron chi connectivity index (χ4n) is 1.05. The molecule has 0 rings (SSSR count). The molecule has 68 valence electrons. The zero-order valence-corrected chi connectivity index (χ0v) is 8.35. The van der Waals surface area contributed by atoms with Crippen LogP contribution in [0, 0.1) is 0 Å². The van der Waals surface area contributed by atoms with Crippen LogP contribution in [0.5, 0.6) is 0 Å². The Morgan fingerprint density at radius 2 is 2.00 bits per heavy atom. The second-order valence-corrected chi connectivity index (χ2v) is 3.28. The Balaban J connectivity index is 3.22. The maximum atomic E-state index is 3.24. The van der Waals surface area contributed by atoms with Gasteiger partial charge in [-0.2, -0.15) is 0 Å². The average molecular weight is 158 g/mol. The van der Waals surface area contributed by atoms with Crippen LogP contribution in [0.1, 0.15) is 26.7 Å². The van der Waals surface area contributed by atoms with Crippen molar-refractivity contribution in [1.82, 2.24) is 10.2 Å². The molecular weight excluding hydrogens is 136 g/mol. The topological polar surface area (TPSA) is 15.3 Å². The summed E-state index contributed by atoms with van der Waals surface area (Å²) >= 11 is 0. The second-order valence-electron chi connectivity index (χ2n) is 3.28. The summed E-state index contributed by atoms with van der Waals surface area (Å²) in [5.41, 5.74) is 0. The third-order valence-corrected chi connectivity index (χ3v) is 2.04. The molecule has 1 unspecified atom stereocenters. The minimum atomic E-state index is 0.648. The van der Waals surface area contributed by atoms with Gasteiger partial charge < -0.3 is 10.2 Å². The van der Waals surface area contributed by atoms with Crippen molar-refractivity contribution in [2.45, 2.75) is 32.7 Å². The van der Waals surface area contributed by atoms with Gasteiger partial charge in [0, 0.05) is 6.04 Å². The van der Waals surface area contributed by atoms with Crippen molar-refractivity contribution in [3.63, 3.8) is 0 Å². The Labute approximate surface area is 71.0 Å². The summed E-state index contributed by atoms with van der Waals surface area (Å²) in [6.07, 6.45) is 2.50. The van der Waals surface area contributed by atoms with E-state index in [9.17, 15) is 0 Å². The zero-order chi connectivity index (χ0) is 8.69. The lowest BCUT2D eigenvalue weighted by Crippen LogP contribution is -2.28. The van der Waals surface area contributed by atoms with E-state index >= 15 is 0 Å². The molecule has 0 aromatic carbocycles. The smallest absolute Gasteiger partial charge is 0.00478 e. The number of rotatable bonds is 6. The van der Waals surface area contributed by atoms with Crippen LogP contribution in [-0.4, -0.2) is 38.1 Å². The summed E-state index contributed by atoms with van der Waals surface area (Å²) in [4.78, 5) is 2.38. The van der Waals surface area contributed by atoms with Crippen molar-refractivity contribution >= 4 is 0 Å². The molecule has 0 fully saturated rings.